The average Bonchev–Trinajstić information content (AvgIpc) is 2.49. The minimum atomic E-state index is 0.378. The molecular weight excluding hydrogens is 314 g/mol. The van der Waals surface area contributed by atoms with E-state index in [9.17, 15) is 0 Å². The third-order valence-corrected chi connectivity index (χ3v) is 3.23. The van der Waals surface area contributed by atoms with Crippen LogP contribution in [0.1, 0.15) is 33.6 Å². The Kier molecular flexibility index (Phi) is 18.6. The maximum absolute atomic E-state index is 5.49. The lowest BCUT2D eigenvalue weighted by Gasteiger charge is -2.09. The van der Waals surface area contributed by atoms with Crippen molar-refractivity contribution in [3.05, 3.63) is 0 Å². The molecular formula is C17H37NO4S. The van der Waals surface area contributed by atoms with Gasteiger partial charge in [-0.3, -0.25) is 0 Å². The Hall–Kier alpha value is 0.150. The van der Waals surface area contributed by atoms with E-state index < -0.39 is 0 Å². The summed E-state index contributed by atoms with van der Waals surface area (Å²) in [5.41, 5.74) is 0. The molecule has 6 heteroatoms. The number of nitrogens with one attached hydrogen (secondary N) is 1. The second-order valence-corrected chi connectivity index (χ2v) is 6.92. The third kappa shape index (κ3) is 22.2. The quantitative estimate of drug-likeness (QED) is 0.293. The van der Waals surface area contributed by atoms with E-state index in [2.05, 4.69) is 38.7 Å². The van der Waals surface area contributed by atoms with Gasteiger partial charge in [0, 0.05) is 24.9 Å². The maximum Gasteiger partial charge on any atom is 0.0701 e. The zero-order valence-electron chi connectivity index (χ0n) is 15.2. The molecule has 0 heterocycles. The first kappa shape index (κ1) is 23.1. The molecule has 0 amide bonds. The number of hydrogen-bond donors (Lipinski definition) is 2. The smallest absolute Gasteiger partial charge is 0.0701 e. The molecule has 0 radical (unpaired) electrons. The highest BCUT2D eigenvalue weighted by atomic mass is 32.1. The topological polar surface area (TPSA) is 49.0 Å². The predicted molar refractivity (Wildman–Crippen MR) is 98.7 cm³/mol. The number of rotatable bonds is 18. The van der Waals surface area contributed by atoms with Gasteiger partial charge < -0.3 is 24.3 Å². The summed E-state index contributed by atoms with van der Waals surface area (Å²) in [6, 6.07) is 0. The second-order valence-electron chi connectivity index (χ2n) is 6.04. The fourth-order valence-corrected chi connectivity index (χ4v) is 1.94. The van der Waals surface area contributed by atoms with Crippen LogP contribution in [0.3, 0.4) is 0 Å². The molecule has 5 nitrogen and oxygen atoms in total. The lowest BCUT2D eigenvalue weighted by atomic mass is 10.1. The van der Waals surface area contributed by atoms with Crippen molar-refractivity contribution in [2.75, 3.05) is 65.9 Å². The minimum Gasteiger partial charge on any atom is -0.379 e. The standard InChI is InChI=1S/C17H37NO4S/c1-16(2)5-4-7-19-9-11-21-13-14-22-12-10-20-8-6-18-15-17(3)23/h16-18,23H,4-15H2,1-3H3. The number of hydrogen-bond acceptors (Lipinski definition) is 6. The van der Waals surface area contributed by atoms with Gasteiger partial charge in [-0.2, -0.15) is 12.6 Å². The van der Waals surface area contributed by atoms with Gasteiger partial charge in [-0.25, -0.2) is 0 Å². The summed E-state index contributed by atoms with van der Waals surface area (Å²) in [6.07, 6.45) is 2.35. The van der Waals surface area contributed by atoms with Crippen molar-refractivity contribution in [3.63, 3.8) is 0 Å². The van der Waals surface area contributed by atoms with Gasteiger partial charge in [0.2, 0.25) is 0 Å². The normalized spacial score (nSPS) is 12.9. The molecule has 23 heavy (non-hydrogen) atoms. The summed E-state index contributed by atoms with van der Waals surface area (Å²) in [5.74, 6) is 0.754. The molecule has 0 aromatic heterocycles. The van der Waals surface area contributed by atoms with Crippen LogP contribution in [-0.2, 0) is 18.9 Å². The Labute approximate surface area is 148 Å². The van der Waals surface area contributed by atoms with Crippen LogP contribution in [0.15, 0.2) is 0 Å². The lowest BCUT2D eigenvalue weighted by molar-refractivity contribution is -0.00192. The van der Waals surface area contributed by atoms with Crippen LogP contribution >= 0.6 is 12.6 Å². The first-order chi connectivity index (χ1) is 11.1. The maximum atomic E-state index is 5.49. The van der Waals surface area contributed by atoms with Crippen LogP contribution in [0.25, 0.3) is 0 Å². The van der Waals surface area contributed by atoms with Crippen molar-refractivity contribution in [2.45, 2.75) is 38.9 Å². The molecule has 0 saturated heterocycles. The predicted octanol–water partition coefficient (Wildman–Crippen LogP) is 2.40. The number of thiol groups is 1. The van der Waals surface area contributed by atoms with Crippen LogP contribution in [0.5, 0.6) is 0 Å². The molecule has 0 aliphatic carbocycles. The van der Waals surface area contributed by atoms with E-state index in [0.29, 0.717) is 51.5 Å². The van der Waals surface area contributed by atoms with Crippen LogP contribution in [-0.4, -0.2) is 71.2 Å². The van der Waals surface area contributed by atoms with E-state index in [4.69, 9.17) is 18.9 Å². The SMILES string of the molecule is CC(C)CCCOCCOCCOCCOCCNCC(C)S. The molecule has 1 unspecified atom stereocenters. The largest absolute Gasteiger partial charge is 0.379 e. The van der Waals surface area contributed by atoms with E-state index in [1.807, 2.05) is 0 Å². The van der Waals surface area contributed by atoms with Crippen molar-refractivity contribution in [2.24, 2.45) is 5.92 Å². The van der Waals surface area contributed by atoms with Crippen molar-refractivity contribution in [1.29, 1.82) is 0 Å². The van der Waals surface area contributed by atoms with Crippen molar-refractivity contribution >= 4 is 12.6 Å². The zero-order valence-corrected chi connectivity index (χ0v) is 16.1. The van der Waals surface area contributed by atoms with Crippen LogP contribution in [0.2, 0.25) is 0 Å². The average molecular weight is 352 g/mol. The van der Waals surface area contributed by atoms with Gasteiger partial charge >= 0.3 is 0 Å². The zero-order chi connectivity index (χ0) is 17.2. The Morgan fingerprint density at radius 1 is 0.739 bits per heavy atom. The van der Waals surface area contributed by atoms with Gasteiger partial charge in [0.05, 0.1) is 46.2 Å². The van der Waals surface area contributed by atoms with Gasteiger partial charge in [0.15, 0.2) is 0 Å². The molecule has 0 aromatic rings. The highest BCUT2D eigenvalue weighted by Crippen LogP contribution is 2.02. The Balaban J connectivity index is 2.97. The van der Waals surface area contributed by atoms with E-state index in [1.165, 1.54) is 6.42 Å². The van der Waals surface area contributed by atoms with Crippen molar-refractivity contribution in [3.8, 4) is 0 Å². The molecule has 0 spiro atoms. The monoisotopic (exact) mass is 351 g/mol. The van der Waals surface area contributed by atoms with Gasteiger partial charge in [0.25, 0.3) is 0 Å². The van der Waals surface area contributed by atoms with Gasteiger partial charge in [-0.15, -0.1) is 0 Å². The summed E-state index contributed by atoms with van der Waals surface area (Å²) in [4.78, 5) is 0. The van der Waals surface area contributed by atoms with Gasteiger partial charge in [-0.1, -0.05) is 20.8 Å². The molecule has 0 aliphatic rings. The Morgan fingerprint density at radius 3 is 1.70 bits per heavy atom. The fraction of sp³-hybridized carbons (Fsp3) is 1.00. The van der Waals surface area contributed by atoms with Crippen molar-refractivity contribution < 1.29 is 18.9 Å². The summed E-state index contributed by atoms with van der Waals surface area (Å²) in [7, 11) is 0. The molecule has 1 atom stereocenters. The highest BCUT2D eigenvalue weighted by Gasteiger charge is 1.96. The summed E-state index contributed by atoms with van der Waals surface area (Å²) < 4.78 is 21.8. The highest BCUT2D eigenvalue weighted by molar-refractivity contribution is 7.80. The summed E-state index contributed by atoms with van der Waals surface area (Å²) in [6.45, 7) is 13.6. The van der Waals surface area contributed by atoms with E-state index >= 15 is 0 Å². The summed E-state index contributed by atoms with van der Waals surface area (Å²) >= 11 is 4.29. The lowest BCUT2D eigenvalue weighted by Crippen LogP contribution is -2.25. The molecule has 0 rings (SSSR count). The molecule has 0 aliphatic heterocycles. The second kappa shape index (κ2) is 18.5. The van der Waals surface area contributed by atoms with E-state index in [-0.39, 0.29) is 0 Å². The molecule has 1 N–H and O–H groups in total. The minimum absolute atomic E-state index is 0.378. The molecule has 0 fully saturated rings. The fourth-order valence-electron chi connectivity index (χ4n) is 1.81. The van der Waals surface area contributed by atoms with Crippen LogP contribution in [0, 0.1) is 5.92 Å². The molecule has 0 saturated carbocycles. The van der Waals surface area contributed by atoms with Crippen molar-refractivity contribution in [1.82, 2.24) is 5.32 Å². The summed E-state index contributed by atoms with van der Waals surface area (Å²) in [5, 5.41) is 3.64. The Bertz CT molecular complexity index is 209. The third-order valence-electron chi connectivity index (χ3n) is 3.05. The van der Waals surface area contributed by atoms with Gasteiger partial charge in [-0.05, 0) is 18.8 Å². The van der Waals surface area contributed by atoms with Crippen LogP contribution in [0.4, 0.5) is 0 Å². The Morgan fingerprint density at radius 2 is 1.22 bits per heavy atom. The molecule has 0 bridgehead atoms. The van der Waals surface area contributed by atoms with Crippen LogP contribution < -0.4 is 5.32 Å². The first-order valence-corrected chi connectivity index (χ1v) is 9.34. The first-order valence-electron chi connectivity index (χ1n) is 8.82. The van der Waals surface area contributed by atoms with Gasteiger partial charge in [0.1, 0.15) is 0 Å². The van der Waals surface area contributed by atoms with E-state index in [0.717, 1.165) is 32.0 Å². The number of ether oxygens (including phenoxy) is 4. The molecule has 0 aromatic carbocycles. The van der Waals surface area contributed by atoms with E-state index in [1.54, 1.807) is 0 Å². The molecule has 140 valence electrons.